The van der Waals surface area contributed by atoms with E-state index in [1.165, 1.54) is 0 Å². The Bertz CT molecular complexity index is 1470. The van der Waals surface area contributed by atoms with Crippen LogP contribution in [0.1, 0.15) is 61.4 Å². The number of carbonyl (C=O) groups excluding carboxylic acids is 2. The molecule has 0 saturated heterocycles. The highest BCUT2D eigenvalue weighted by Crippen LogP contribution is 2.21. The van der Waals surface area contributed by atoms with Gasteiger partial charge in [0, 0.05) is 38.2 Å². The van der Waals surface area contributed by atoms with Crippen LogP contribution in [-0.2, 0) is 17.7 Å². The third-order valence-corrected chi connectivity index (χ3v) is 6.76. The van der Waals surface area contributed by atoms with Gasteiger partial charge in [-0.1, -0.05) is 38.1 Å². The number of aromatic nitrogens is 3. The van der Waals surface area contributed by atoms with Crippen LogP contribution in [0.3, 0.4) is 0 Å². The zero-order valence-corrected chi connectivity index (χ0v) is 26.3. The highest BCUT2D eigenvalue weighted by Gasteiger charge is 2.29. The molecule has 0 saturated carbocycles. The van der Waals surface area contributed by atoms with Crippen molar-refractivity contribution in [2.75, 3.05) is 38.2 Å². The first kappa shape index (κ1) is 34.3. The van der Waals surface area contributed by atoms with Crippen molar-refractivity contribution in [2.24, 2.45) is 5.41 Å². The number of halogens is 3. The maximum absolute atomic E-state index is 13.0. The Hall–Kier alpha value is -4.62. The highest BCUT2D eigenvalue weighted by molar-refractivity contribution is 5.94. The van der Waals surface area contributed by atoms with Crippen LogP contribution in [0.4, 0.5) is 23.9 Å². The van der Waals surface area contributed by atoms with Crippen LogP contribution in [0.5, 0.6) is 11.8 Å². The number of benzene rings is 2. The summed E-state index contributed by atoms with van der Waals surface area (Å²) >= 11 is 0. The van der Waals surface area contributed by atoms with Gasteiger partial charge in [-0.3, -0.25) is 4.79 Å². The largest absolute Gasteiger partial charge is 0.494 e. The summed E-state index contributed by atoms with van der Waals surface area (Å²) in [7, 11) is 0. The van der Waals surface area contributed by atoms with Gasteiger partial charge < -0.3 is 29.7 Å². The number of ether oxygens (including phenoxy) is 3. The molecular weight excluding hydrogens is 605 g/mol. The molecule has 2 N–H and O–H groups in total. The molecule has 2 aromatic carbocycles. The normalized spacial score (nSPS) is 16.2. The van der Waals surface area contributed by atoms with Crippen LogP contribution in [0.15, 0.2) is 48.5 Å². The molecule has 0 fully saturated rings. The molecule has 46 heavy (non-hydrogen) atoms. The minimum atomic E-state index is -4.56. The van der Waals surface area contributed by atoms with Crippen molar-refractivity contribution in [3.63, 3.8) is 0 Å². The number of hydrogen-bond donors (Lipinski definition) is 2. The van der Waals surface area contributed by atoms with E-state index in [1.54, 1.807) is 55.1 Å². The summed E-state index contributed by atoms with van der Waals surface area (Å²) in [4.78, 5) is 40.0. The van der Waals surface area contributed by atoms with E-state index in [-0.39, 0.29) is 36.7 Å². The fourth-order valence-electron chi connectivity index (χ4n) is 4.56. The molecule has 0 atom stereocenters. The Morgan fingerprint density at radius 2 is 1.72 bits per heavy atom. The topological polar surface area (TPSA) is 128 Å². The summed E-state index contributed by atoms with van der Waals surface area (Å²) in [6, 6.07) is 13.6. The average molecular weight is 645 g/mol. The van der Waals surface area contributed by atoms with Gasteiger partial charge in [0.1, 0.15) is 11.6 Å². The number of carbonyl (C=O) groups is 2. The number of rotatable bonds is 3. The molecule has 7 rings (SSSR count). The quantitative estimate of drug-likeness (QED) is 0.385. The molecule has 5 heterocycles. The standard InChI is InChI=1S/C32H39F3N6O5/c1-21(2)46-30(43)41-14-5-15-44-25-12-8-23(9-13-25)17-36-28-38-26(39-29(40-28)45-20-32(33,34)35)16-22-6-10-24(11-7-22)27(42)37-18-31(3,4)19-41/h6-13,21H,5,14-20H2,1-4H3,(H,37,42)(H,36,38,39,40). The van der Waals surface area contributed by atoms with Gasteiger partial charge in [0.15, 0.2) is 6.61 Å². The summed E-state index contributed by atoms with van der Waals surface area (Å²) in [5.74, 6) is 0.580. The van der Waals surface area contributed by atoms with Crippen LogP contribution in [0.2, 0.25) is 0 Å². The van der Waals surface area contributed by atoms with E-state index in [1.807, 2.05) is 26.0 Å². The monoisotopic (exact) mass is 644 g/mol. The molecule has 3 aromatic rings. The molecule has 0 spiro atoms. The number of anilines is 1. The summed E-state index contributed by atoms with van der Waals surface area (Å²) in [5.41, 5.74) is 1.51. The number of alkyl halides is 3. The van der Waals surface area contributed by atoms with Crippen LogP contribution >= 0.6 is 0 Å². The average Bonchev–Trinajstić information content (AvgIpc) is 2.99. The summed E-state index contributed by atoms with van der Waals surface area (Å²) in [6.45, 7) is 7.63. The van der Waals surface area contributed by atoms with Gasteiger partial charge in [0.25, 0.3) is 5.91 Å². The molecule has 0 aliphatic carbocycles. The molecular formula is C32H39F3N6O5. The maximum Gasteiger partial charge on any atom is 0.422 e. The van der Waals surface area contributed by atoms with Crippen LogP contribution in [-0.4, -0.2) is 77.0 Å². The SMILES string of the molecule is CC(C)OC(=O)N1CCCOc2ccc(cc2)CNc2nc(nc(OCC(F)(F)F)n2)Cc2ccc(cc2)C(=O)NCC(C)(C)C1. The van der Waals surface area contributed by atoms with Gasteiger partial charge in [-0.15, -0.1) is 0 Å². The van der Waals surface area contributed by atoms with E-state index < -0.39 is 30.3 Å². The van der Waals surface area contributed by atoms with Gasteiger partial charge in [-0.25, -0.2) is 4.79 Å². The summed E-state index contributed by atoms with van der Waals surface area (Å²) < 4.78 is 54.7. The van der Waals surface area contributed by atoms with Gasteiger partial charge in [-0.05, 0) is 61.1 Å². The van der Waals surface area contributed by atoms with Crippen LogP contribution < -0.4 is 20.1 Å². The van der Waals surface area contributed by atoms with Crippen molar-refractivity contribution in [3.05, 3.63) is 71.0 Å². The summed E-state index contributed by atoms with van der Waals surface area (Å²) in [6.07, 6.45) is -4.56. The van der Waals surface area contributed by atoms with E-state index >= 15 is 0 Å². The number of hydrogen-bond acceptors (Lipinski definition) is 9. The van der Waals surface area contributed by atoms with E-state index in [2.05, 4.69) is 25.6 Å². The zero-order chi connectivity index (χ0) is 33.3. The Balaban J connectivity index is 1.58. The molecule has 2 amide bonds. The molecule has 6 bridgehead atoms. The van der Waals surface area contributed by atoms with Gasteiger partial charge >= 0.3 is 18.3 Å². The lowest BCUT2D eigenvalue weighted by atomic mass is 9.92. The van der Waals surface area contributed by atoms with Crippen molar-refractivity contribution in [1.29, 1.82) is 0 Å². The van der Waals surface area contributed by atoms with E-state index in [4.69, 9.17) is 14.2 Å². The highest BCUT2D eigenvalue weighted by atomic mass is 19.4. The Morgan fingerprint density at radius 1 is 1.02 bits per heavy atom. The smallest absolute Gasteiger partial charge is 0.422 e. The Morgan fingerprint density at radius 3 is 2.39 bits per heavy atom. The third kappa shape index (κ3) is 11.1. The number of nitrogens with one attached hydrogen (secondary N) is 2. The van der Waals surface area contributed by atoms with Gasteiger partial charge in [-0.2, -0.15) is 28.1 Å². The van der Waals surface area contributed by atoms with Crippen LogP contribution in [0, 0.1) is 5.41 Å². The minimum absolute atomic E-state index is 0.0520. The van der Waals surface area contributed by atoms with Crippen molar-refractivity contribution in [1.82, 2.24) is 25.2 Å². The predicted octanol–water partition coefficient (Wildman–Crippen LogP) is 5.40. The lowest BCUT2D eigenvalue weighted by Crippen LogP contribution is -2.45. The maximum atomic E-state index is 13.0. The molecule has 0 radical (unpaired) electrons. The first-order chi connectivity index (χ1) is 21.7. The molecule has 248 valence electrons. The zero-order valence-electron chi connectivity index (χ0n) is 26.3. The van der Waals surface area contributed by atoms with E-state index in [0.29, 0.717) is 44.0 Å². The molecule has 4 aliphatic heterocycles. The second kappa shape index (κ2) is 15.1. The molecule has 4 aliphatic rings. The second-order valence-corrected chi connectivity index (χ2v) is 12.0. The van der Waals surface area contributed by atoms with Crippen LogP contribution in [0.25, 0.3) is 0 Å². The summed E-state index contributed by atoms with van der Waals surface area (Å²) in [5, 5.41) is 5.96. The van der Waals surface area contributed by atoms with Crippen molar-refractivity contribution in [2.45, 2.75) is 59.4 Å². The fraction of sp³-hybridized carbons (Fsp3) is 0.469. The Labute approximate surface area is 265 Å². The Kier molecular flexibility index (Phi) is 11.3. The molecule has 1 aromatic heterocycles. The van der Waals surface area contributed by atoms with E-state index in [9.17, 15) is 22.8 Å². The van der Waals surface area contributed by atoms with Gasteiger partial charge in [0.05, 0.1) is 12.7 Å². The predicted molar refractivity (Wildman–Crippen MR) is 164 cm³/mol. The number of amides is 2. The lowest BCUT2D eigenvalue weighted by molar-refractivity contribution is -0.154. The van der Waals surface area contributed by atoms with Crippen molar-refractivity contribution < 1.29 is 37.0 Å². The molecule has 0 unspecified atom stereocenters. The first-order valence-electron chi connectivity index (χ1n) is 15.0. The third-order valence-electron chi connectivity index (χ3n) is 6.76. The first-order valence-corrected chi connectivity index (χ1v) is 15.0. The van der Waals surface area contributed by atoms with Gasteiger partial charge in [0.2, 0.25) is 5.95 Å². The molecule has 14 heteroatoms. The minimum Gasteiger partial charge on any atom is -0.494 e. The fourth-order valence-corrected chi connectivity index (χ4v) is 4.56. The van der Waals surface area contributed by atoms with Crippen molar-refractivity contribution >= 4 is 17.9 Å². The molecule has 11 nitrogen and oxygen atoms in total. The second-order valence-electron chi connectivity index (χ2n) is 12.0. The van der Waals surface area contributed by atoms with Crippen molar-refractivity contribution in [3.8, 4) is 11.8 Å². The van der Waals surface area contributed by atoms with E-state index in [0.717, 1.165) is 11.1 Å². The number of nitrogens with zero attached hydrogens (tertiary/aromatic N) is 4. The lowest BCUT2D eigenvalue weighted by Gasteiger charge is -2.33.